The fraction of sp³-hybridized carbons (Fsp3) is 0.909. The highest BCUT2D eigenvalue weighted by Gasteiger charge is 2.22. The molecule has 2 heterocycles. The predicted molar refractivity (Wildman–Crippen MR) is 119 cm³/mol. The lowest BCUT2D eigenvalue weighted by molar-refractivity contribution is -0.132. The summed E-state index contributed by atoms with van der Waals surface area (Å²) in [5.74, 6) is 2.33. The molecule has 0 aliphatic carbocycles. The molecule has 29 heavy (non-hydrogen) atoms. The molecular weight excluding hydrogens is 366 g/mol. The number of amides is 1. The Morgan fingerprint density at radius 2 is 1.97 bits per heavy atom. The third-order valence-corrected chi connectivity index (χ3v) is 5.75. The highest BCUT2D eigenvalue weighted by molar-refractivity contribution is 5.81. The average molecular weight is 410 g/mol. The lowest BCUT2D eigenvalue weighted by atomic mass is 10.00. The number of hydrogen-bond donors (Lipinski definition) is 2. The van der Waals surface area contributed by atoms with Crippen LogP contribution in [0.3, 0.4) is 0 Å². The Balaban J connectivity index is 1.83. The minimum Gasteiger partial charge on any atom is -0.379 e. The van der Waals surface area contributed by atoms with Crippen molar-refractivity contribution in [3.05, 3.63) is 0 Å². The molecule has 2 unspecified atom stereocenters. The number of likely N-dealkylation sites (tertiary alicyclic amines) is 1. The van der Waals surface area contributed by atoms with Gasteiger partial charge in [0.05, 0.1) is 19.8 Å². The first-order chi connectivity index (χ1) is 14.0. The predicted octanol–water partition coefficient (Wildman–Crippen LogP) is 1.94. The maximum absolute atomic E-state index is 12.5. The van der Waals surface area contributed by atoms with Gasteiger partial charge in [0.2, 0.25) is 5.91 Å². The number of carbonyl (C=O) groups excluding carboxylic acids is 1. The van der Waals surface area contributed by atoms with Crippen molar-refractivity contribution in [3.8, 4) is 0 Å². The number of morpholine rings is 1. The molecule has 2 fully saturated rings. The van der Waals surface area contributed by atoms with E-state index in [-0.39, 0.29) is 5.91 Å². The van der Waals surface area contributed by atoms with Crippen molar-refractivity contribution < 1.29 is 9.53 Å². The lowest BCUT2D eigenvalue weighted by Crippen LogP contribution is -2.46. The Morgan fingerprint density at radius 1 is 1.21 bits per heavy atom. The topological polar surface area (TPSA) is 69.2 Å². The van der Waals surface area contributed by atoms with Gasteiger partial charge in [0.25, 0.3) is 0 Å². The normalized spacial score (nSPS) is 22.6. The van der Waals surface area contributed by atoms with Crippen LogP contribution in [0, 0.1) is 11.8 Å². The van der Waals surface area contributed by atoms with Crippen LogP contribution >= 0.6 is 0 Å². The van der Waals surface area contributed by atoms with Crippen LogP contribution in [0.2, 0.25) is 0 Å². The maximum atomic E-state index is 12.5. The van der Waals surface area contributed by atoms with E-state index in [0.717, 1.165) is 71.3 Å². The number of nitrogens with zero attached hydrogens (tertiary/aromatic N) is 3. The van der Waals surface area contributed by atoms with Gasteiger partial charge in [0.15, 0.2) is 5.96 Å². The zero-order valence-electron chi connectivity index (χ0n) is 19.1. The number of ether oxygens (including phenoxy) is 1. The molecule has 2 aliphatic rings. The molecule has 7 nitrogen and oxygen atoms in total. The zero-order chi connectivity index (χ0) is 21.1. The van der Waals surface area contributed by atoms with Crippen LogP contribution in [0.4, 0.5) is 0 Å². The number of piperidine rings is 1. The van der Waals surface area contributed by atoms with E-state index < -0.39 is 0 Å². The van der Waals surface area contributed by atoms with Crippen LogP contribution < -0.4 is 10.6 Å². The summed E-state index contributed by atoms with van der Waals surface area (Å²) in [7, 11) is 0. The summed E-state index contributed by atoms with van der Waals surface area (Å²) in [5, 5.41) is 6.69. The number of rotatable bonds is 9. The SMILES string of the molecule is CCNC(=NCC(CC(C)C)N1CCOCC1)NCCC(=O)N1CCCC(C)C1. The molecule has 2 N–H and O–H groups in total. The molecular formula is C22H43N5O2. The van der Waals surface area contributed by atoms with Crippen LogP contribution in [0.25, 0.3) is 0 Å². The van der Waals surface area contributed by atoms with Gasteiger partial charge in [0.1, 0.15) is 0 Å². The molecule has 2 rings (SSSR count). The Bertz CT molecular complexity index is 505. The fourth-order valence-corrected chi connectivity index (χ4v) is 4.23. The lowest BCUT2D eigenvalue weighted by Gasteiger charge is -2.34. The molecule has 2 aliphatic heterocycles. The van der Waals surface area contributed by atoms with Crippen molar-refractivity contribution in [2.45, 2.75) is 59.4 Å². The summed E-state index contributed by atoms with van der Waals surface area (Å²) in [5.41, 5.74) is 0. The molecule has 0 aromatic carbocycles. The first kappa shape index (κ1) is 23.9. The molecule has 7 heteroatoms. The summed E-state index contributed by atoms with van der Waals surface area (Å²) in [6.07, 6.45) is 4.02. The van der Waals surface area contributed by atoms with Gasteiger partial charge < -0.3 is 20.3 Å². The van der Waals surface area contributed by atoms with E-state index in [4.69, 9.17) is 9.73 Å². The molecule has 0 saturated carbocycles. The number of aliphatic imine (C=N–C) groups is 1. The van der Waals surface area contributed by atoms with Crippen molar-refractivity contribution >= 4 is 11.9 Å². The number of guanidine groups is 1. The van der Waals surface area contributed by atoms with Crippen molar-refractivity contribution in [2.75, 3.05) is 59.0 Å². The van der Waals surface area contributed by atoms with Gasteiger partial charge in [-0.1, -0.05) is 20.8 Å². The average Bonchev–Trinajstić information content (AvgIpc) is 2.71. The number of carbonyl (C=O) groups is 1. The van der Waals surface area contributed by atoms with Gasteiger partial charge in [-0.05, 0) is 38.0 Å². The molecule has 0 aromatic rings. The summed E-state index contributed by atoms with van der Waals surface area (Å²) in [6.45, 7) is 16.5. The smallest absolute Gasteiger partial charge is 0.224 e. The van der Waals surface area contributed by atoms with Gasteiger partial charge in [-0.3, -0.25) is 14.7 Å². The first-order valence-electron chi connectivity index (χ1n) is 11.6. The minimum atomic E-state index is 0.255. The molecule has 2 atom stereocenters. The standard InChI is InChI=1S/C22H43N5O2/c1-5-23-22(24-9-8-21(28)27-10-6-7-19(4)17-27)25-16-20(15-18(2)3)26-11-13-29-14-12-26/h18-20H,5-17H2,1-4H3,(H2,23,24,25). The number of hydrogen-bond acceptors (Lipinski definition) is 4. The molecule has 0 aromatic heterocycles. The molecule has 0 bridgehead atoms. The van der Waals surface area contributed by atoms with Crippen molar-refractivity contribution in [1.82, 2.24) is 20.4 Å². The third kappa shape index (κ3) is 8.91. The minimum absolute atomic E-state index is 0.255. The van der Waals surface area contributed by atoms with Crippen LogP contribution in [0.1, 0.15) is 53.4 Å². The van der Waals surface area contributed by atoms with Crippen LogP contribution in [-0.4, -0.2) is 86.7 Å². The van der Waals surface area contributed by atoms with Crippen LogP contribution in [0.15, 0.2) is 4.99 Å². The number of nitrogens with one attached hydrogen (secondary N) is 2. The summed E-state index contributed by atoms with van der Waals surface area (Å²) in [4.78, 5) is 21.9. The second kappa shape index (κ2) is 13.1. The first-order valence-corrected chi connectivity index (χ1v) is 11.6. The van der Waals surface area contributed by atoms with Gasteiger partial charge >= 0.3 is 0 Å². The molecule has 2 saturated heterocycles. The Labute approximate surface area is 177 Å². The largest absolute Gasteiger partial charge is 0.379 e. The quantitative estimate of drug-likeness (QED) is 0.450. The van der Waals surface area contributed by atoms with E-state index in [0.29, 0.717) is 30.8 Å². The van der Waals surface area contributed by atoms with Crippen LogP contribution in [-0.2, 0) is 9.53 Å². The summed E-state index contributed by atoms with van der Waals surface area (Å²) in [6, 6.07) is 0.436. The fourth-order valence-electron chi connectivity index (χ4n) is 4.23. The summed E-state index contributed by atoms with van der Waals surface area (Å²) < 4.78 is 5.51. The monoisotopic (exact) mass is 409 g/mol. The van der Waals surface area contributed by atoms with E-state index in [1.165, 1.54) is 6.42 Å². The van der Waals surface area contributed by atoms with Gasteiger partial charge in [-0.15, -0.1) is 0 Å². The Morgan fingerprint density at radius 3 is 2.62 bits per heavy atom. The van der Waals surface area contributed by atoms with E-state index in [1.807, 2.05) is 4.90 Å². The van der Waals surface area contributed by atoms with Gasteiger partial charge in [0, 0.05) is 51.7 Å². The highest BCUT2D eigenvalue weighted by atomic mass is 16.5. The van der Waals surface area contributed by atoms with Crippen LogP contribution in [0.5, 0.6) is 0 Å². The van der Waals surface area contributed by atoms with Crippen molar-refractivity contribution in [3.63, 3.8) is 0 Å². The molecule has 1 amide bonds. The van der Waals surface area contributed by atoms with E-state index in [2.05, 4.69) is 43.2 Å². The third-order valence-electron chi connectivity index (χ3n) is 5.75. The second-order valence-corrected chi connectivity index (χ2v) is 8.92. The van der Waals surface area contributed by atoms with E-state index >= 15 is 0 Å². The van der Waals surface area contributed by atoms with Crippen molar-refractivity contribution in [2.24, 2.45) is 16.8 Å². The Hall–Kier alpha value is -1.34. The summed E-state index contributed by atoms with van der Waals surface area (Å²) >= 11 is 0. The zero-order valence-corrected chi connectivity index (χ0v) is 19.1. The molecule has 0 radical (unpaired) electrons. The maximum Gasteiger partial charge on any atom is 0.224 e. The van der Waals surface area contributed by atoms with Gasteiger partial charge in [-0.2, -0.15) is 0 Å². The Kier molecular flexibility index (Phi) is 10.8. The van der Waals surface area contributed by atoms with Gasteiger partial charge in [-0.25, -0.2) is 0 Å². The molecule has 0 spiro atoms. The second-order valence-electron chi connectivity index (χ2n) is 8.92. The molecule has 168 valence electrons. The van der Waals surface area contributed by atoms with E-state index in [9.17, 15) is 4.79 Å². The highest BCUT2D eigenvalue weighted by Crippen LogP contribution is 2.16. The van der Waals surface area contributed by atoms with E-state index in [1.54, 1.807) is 0 Å². The van der Waals surface area contributed by atoms with Crippen molar-refractivity contribution in [1.29, 1.82) is 0 Å².